The van der Waals surface area contributed by atoms with E-state index in [0.717, 1.165) is 23.7 Å². The average Bonchev–Trinajstić information content (AvgIpc) is 3.01. The number of rotatable bonds is 3. The number of hydrogen-bond acceptors (Lipinski definition) is 2. The summed E-state index contributed by atoms with van der Waals surface area (Å²) in [6.45, 7) is 0.563. The third kappa shape index (κ3) is 3.40. The smallest absolute Gasteiger partial charge is 0.335 e. The van der Waals surface area contributed by atoms with Crippen molar-refractivity contribution in [1.82, 2.24) is 9.47 Å². The van der Waals surface area contributed by atoms with Crippen LogP contribution in [0.25, 0.3) is 22.2 Å². The van der Waals surface area contributed by atoms with E-state index in [1.54, 1.807) is 17.0 Å². The Hall–Kier alpha value is -3.08. The zero-order valence-corrected chi connectivity index (χ0v) is 18.8. The highest BCUT2D eigenvalue weighted by Crippen LogP contribution is 2.46. The molecule has 0 saturated heterocycles. The number of aromatic carboxylic acids is 1. The van der Waals surface area contributed by atoms with Gasteiger partial charge in [-0.05, 0) is 48.4 Å². The number of carbonyl (C=O) groups excluding carboxylic acids is 1. The Morgan fingerprint density at radius 2 is 1.78 bits per heavy atom. The maximum absolute atomic E-state index is 13.1. The van der Waals surface area contributed by atoms with Crippen LogP contribution in [-0.2, 0) is 17.8 Å². The summed E-state index contributed by atoms with van der Waals surface area (Å²) in [4.78, 5) is 26.6. The first-order valence-electron chi connectivity index (χ1n) is 11.6. The van der Waals surface area contributed by atoms with Gasteiger partial charge >= 0.3 is 5.97 Å². The van der Waals surface area contributed by atoms with Gasteiger partial charge in [-0.3, -0.25) is 4.79 Å². The van der Waals surface area contributed by atoms with Crippen LogP contribution in [0.15, 0.2) is 42.5 Å². The molecule has 1 atom stereocenters. The summed E-state index contributed by atoms with van der Waals surface area (Å²) in [6.07, 6.45) is 6.76. The molecule has 0 spiro atoms. The molecule has 1 saturated carbocycles. The number of hydrogen-bond donors (Lipinski definition) is 1. The number of amides is 1. The van der Waals surface area contributed by atoms with Gasteiger partial charge in [0.1, 0.15) is 0 Å². The van der Waals surface area contributed by atoms with E-state index in [1.807, 2.05) is 20.2 Å². The Balaban J connectivity index is 1.82. The van der Waals surface area contributed by atoms with Gasteiger partial charge in [0.2, 0.25) is 5.91 Å². The highest BCUT2D eigenvalue weighted by Gasteiger charge is 2.33. The van der Waals surface area contributed by atoms with Crippen molar-refractivity contribution in [3.05, 3.63) is 59.2 Å². The van der Waals surface area contributed by atoms with Crippen LogP contribution in [-0.4, -0.2) is 40.5 Å². The average molecular weight is 431 g/mol. The van der Waals surface area contributed by atoms with Gasteiger partial charge in [-0.2, -0.15) is 0 Å². The van der Waals surface area contributed by atoms with Crippen molar-refractivity contribution in [2.75, 3.05) is 14.1 Å². The van der Waals surface area contributed by atoms with Crippen molar-refractivity contribution in [3.63, 3.8) is 0 Å². The van der Waals surface area contributed by atoms with Crippen molar-refractivity contribution >= 4 is 22.8 Å². The van der Waals surface area contributed by atoms with Crippen LogP contribution in [0, 0.1) is 5.92 Å². The molecule has 32 heavy (non-hydrogen) atoms. The summed E-state index contributed by atoms with van der Waals surface area (Å²) >= 11 is 0. The van der Waals surface area contributed by atoms with Crippen LogP contribution in [0.1, 0.15) is 59.5 Å². The molecule has 2 aromatic carbocycles. The third-order valence-electron chi connectivity index (χ3n) is 7.30. The SMILES string of the molecule is CN(C)C(=O)C1Cc2ccccc2-c2c(C3CCCCC3)c3ccc(C(=O)O)cc3n2C1. The number of fused-ring (bicyclic) bond motifs is 5. The predicted octanol–water partition coefficient (Wildman–Crippen LogP) is 5.31. The molecule has 0 radical (unpaired) electrons. The monoisotopic (exact) mass is 430 g/mol. The van der Waals surface area contributed by atoms with Crippen molar-refractivity contribution in [2.24, 2.45) is 5.92 Å². The van der Waals surface area contributed by atoms with Gasteiger partial charge in [-0.1, -0.05) is 49.6 Å². The topological polar surface area (TPSA) is 62.5 Å². The van der Waals surface area contributed by atoms with E-state index < -0.39 is 5.97 Å². The van der Waals surface area contributed by atoms with Gasteiger partial charge in [0.15, 0.2) is 0 Å². The Bertz CT molecular complexity index is 1200. The highest BCUT2D eigenvalue weighted by molar-refractivity contribution is 5.99. The van der Waals surface area contributed by atoms with Gasteiger partial charge in [0, 0.05) is 37.1 Å². The van der Waals surface area contributed by atoms with E-state index >= 15 is 0 Å². The summed E-state index contributed by atoms with van der Waals surface area (Å²) in [7, 11) is 3.62. The minimum Gasteiger partial charge on any atom is -0.478 e. The van der Waals surface area contributed by atoms with Crippen LogP contribution in [0.5, 0.6) is 0 Å². The quantitative estimate of drug-likeness (QED) is 0.612. The summed E-state index contributed by atoms with van der Waals surface area (Å²) < 4.78 is 2.25. The van der Waals surface area contributed by atoms with Crippen molar-refractivity contribution < 1.29 is 14.7 Å². The number of nitrogens with zero attached hydrogens (tertiary/aromatic N) is 2. The fraction of sp³-hybridized carbons (Fsp3) is 0.407. The van der Waals surface area contributed by atoms with Gasteiger partial charge in [0.25, 0.3) is 0 Å². The Labute approximate surface area is 188 Å². The standard InChI is InChI=1S/C27H30N2O3/c1-28(2)26(30)20-14-18-10-6-7-11-21(18)25-24(17-8-4-3-5-9-17)22-13-12-19(27(31)32)15-23(22)29(25)16-20/h6-7,10-13,15,17,20H,3-5,8-9,14,16H2,1-2H3,(H,31,32). The zero-order valence-electron chi connectivity index (χ0n) is 18.8. The molecule has 1 amide bonds. The lowest BCUT2D eigenvalue weighted by atomic mass is 9.81. The molecule has 1 aromatic heterocycles. The van der Waals surface area contributed by atoms with Crippen LogP contribution < -0.4 is 0 Å². The van der Waals surface area contributed by atoms with E-state index in [4.69, 9.17) is 0 Å². The molecule has 5 heteroatoms. The lowest BCUT2D eigenvalue weighted by Gasteiger charge is -2.24. The number of carboxylic acid groups (broad SMARTS) is 1. The minimum atomic E-state index is -0.920. The normalized spacial score (nSPS) is 18.6. The molecule has 1 N–H and O–H groups in total. The van der Waals surface area contributed by atoms with Crippen LogP contribution in [0.2, 0.25) is 0 Å². The minimum absolute atomic E-state index is 0.114. The second kappa shape index (κ2) is 8.12. The van der Waals surface area contributed by atoms with E-state index in [0.29, 0.717) is 24.4 Å². The lowest BCUT2D eigenvalue weighted by Crippen LogP contribution is -2.33. The summed E-state index contributed by atoms with van der Waals surface area (Å²) in [5.74, 6) is -0.525. The molecule has 1 fully saturated rings. The second-order valence-electron chi connectivity index (χ2n) is 9.54. The molecule has 2 heterocycles. The van der Waals surface area contributed by atoms with Gasteiger partial charge in [-0.15, -0.1) is 0 Å². The van der Waals surface area contributed by atoms with Gasteiger partial charge in [0.05, 0.1) is 17.2 Å². The van der Waals surface area contributed by atoms with Crippen LogP contribution in [0.4, 0.5) is 0 Å². The second-order valence-corrected chi connectivity index (χ2v) is 9.54. The Kier molecular flexibility index (Phi) is 5.28. The highest BCUT2D eigenvalue weighted by atomic mass is 16.4. The fourth-order valence-corrected chi connectivity index (χ4v) is 5.80. The predicted molar refractivity (Wildman–Crippen MR) is 126 cm³/mol. The molecular weight excluding hydrogens is 400 g/mol. The Morgan fingerprint density at radius 1 is 1.03 bits per heavy atom. The zero-order chi connectivity index (χ0) is 22.4. The van der Waals surface area contributed by atoms with E-state index in [1.165, 1.54) is 41.6 Å². The van der Waals surface area contributed by atoms with Crippen molar-refractivity contribution in [1.29, 1.82) is 0 Å². The van der Waals surface area contributed by atoms with Gasteiger partial charge in [-0.25, -0.2) is 4.79 Å². The molecule has 1 unspecified atom stereocenters. The number of carboxylic acids is 1. The first-order valence-corrected chi connectivity index (χ1v) is 11.6. The van der Waals surface area contributed by atoms with Crippen LogP contribution >= 0.6 is 0 Å². The van der Waals surface area contributed by atoms with Crippen molar-refractivity contribution in [2.45, 2.75) is 51.0 Å². The van der Waals surface area contributed by atoms with E-state index in [9.17, 15) is 14.7 Å². The maximum atomic E-state index is 13.1. The third-order valence-corrected chi connectivity index (χ3v) is 7.30. The first-order chi connectivity index (χ1) is 15.5. The molecule has 2 aliphatic rings. The molecular formula is C27H30N2O3. The Morgan fingerprint density at radius 3 is 2.50 bits per heavy atom. The molecule has 1 aliphatic carbocycles. The number of carbonyl (C=O) groups is 2. The number of aromatic nitrogens is 1. The molecule has 5 rings (SSSR count). The first kappa shape index (κ1) is 20.8. The van der Waals surface area contributed by atoms with Crippen molar-refractivity contribution in [3.8, 4) is 11.3 Å². The molecule has 5 nitrogen and oxygen atoms in total. The fourth-order valence-electron chi connectivity index (χ4n) is 5.80. The largest absolute Gasteiger partial charge is 0.478 e. The lowest BCUT2D eigenvalue weighted by molar-refractivity contribution is -0.133. The van der Waals surface area contributed by atoms with Gasteiger partial charge < -0.3 is 14.6 Å². The van der Waals surface area contributed by atoms with E-state index in [2.05, 4.69) is 28.8 Å². The summed E-state index contributed by atoms with van der Waals surface area (Å²) in [5.41, 5.74) is 6.16. The number of benzene rings is 2. The summed E-state index contributed by atoms with van der Waals surface area (Å²) in [5, 5.41) is 10.8. The summed E-state index contributed by atoms with van der Waals surface area (Å²) in [6, 6.07) is 14.0. The molecule has 0 bridgehead atoms. The van der Waals surface area contributed by atoms with E-state index in [-0.39, 0.29) is 11.8 Å². The molecule has 3 aromatic rings. The maximum Gasteiger partial charge on any atom is 0.335 e. The molecule has 1 aliphatic heterocycles. The van der Waals surface area contributed by atoms with Crippen LogP contribution in [0.3, 0.4) is 0 Å². The molecule has 166 valence electrons.